The van der Waals surface area contributed by atoms with Crippen molar-refractivity contribution in [2.45, 2.75) is 44.1 Å². The average Bonchev–Trinajstić information content (AvgIpc) is 2.89. The summed E-state index contributed by atoms with van der Waals surface area (Å²) >= 11 is 6.49. The van der Waals surface area contributed by atoms with Crippen molar-refractivity contribution in [2.24, 2.45) is 11.8 Å². The Bertz CT molecular complexity index is 712. The molecule has 134 valence electrons. The van der Waals surface area contributed by atoms with E-state index in [1.54, 1.807) is 0 Å². The number of ether oxygens (including phenoxy) is 1. The van der Waals surface area contributed by atoms with Gasteiger partial charge in [0.25, 0.3) is 0 Å². The summed E-state index contributed by atoms with van der Waals surface area (Å²) in [4.78, 5) is 0. The first-order chi connectivity index (χ1) is 12.2. The number of aliphatic hydroxyl groups is 1. The molecular formula is C22H27ClO2. The van der Waals surface area contributed by atoms with Gasteiger partial charge in [0.15, 0.2) is 0 Å². The lowest BCUT2D eigenvalue weighted by Gasteiger charge is -2.22. The molecule has 2 aromatic rings. The summed E-state index contributed by atoms with van der Waals surface area (Å²) in [6.45, 7) is 2.68. The van der Waals surface area contributed by atoms with Gasteiger partial charge in [0, 0.05) is 11.3 Å². The fourth-order valence-corrected chi connectivity index (χ4v) is 4.15. The Hall–Kier alpha value is -1.51. The Balaban J connectivity index is 1.64. The first-order valence-electron chi connectivity index (χ1n) is 9.27. The standard InChI is InChI=1S/C22H27ClO2/c1-2-3-4-5-10-19-20(22(24)14-21(19)23)15-25-18-12-11-16-8-6-7-9-17(16)13-18/h4-9,11-13,19-22,24H,2-3,10,14-15H2,1H3/b5-4-/t19-,20-,21-,22-/m1/s1. The van der Waals surface area contributed by atoms with Crippen molar-refractivity contribution in [1.82, 2.24) is 0 Å². The Kier molecular flexibility index (Phi) is 6.39. The number of hydrogen-bond donors (Lipinski definition) is 1. The molecule has 1 aliphatic carbocycles. The summed E-state index contributed by atoms with van der Waals surface area (Å²) in [6.07, 6.45) is 7.87. The van der Waals surface area contributed by atoms with E-state index in [-0.39, 0.29) is 23.3 Å². The second-order valence-electron chi connectivity index (χ2n) is 6.96. The van der Waals surface area contributed by atoms with Gasteiger partial charge >= 0.3 is 0 Å². The van der Waals surface area contributed by atoms with Crippen LogP contribution in [-0.4, -0.2) is 23.2 Å². The Morgan fingerprint density at radius 2 is 1.92 bits per heavy atom. The smallest absolute Gasteiger partial charge is 0.119 e. The van der Waals surface area contributed by atoms with Crippen molar-refractivity contribution < 1.29 is 9.84 Å². The van der Waals surface area contributed by atoms with Gasteiger partial charge in [-0.15, -0.1) is 11.6 Å². The topological polar surface area (TPSA) is 29.5 Å². The molecule has 3 heteroatoms. The summed E-state index contributed by atoms with van der Waals surface area (Å²) in [5.41, 5.74) is 0. The van der Waals surface area contributed by atoms with Gasteiger partial charge in [-0.1, -0.05) is 55.8 Å². The van der Waals surface area contributed by atoms with Crippen LogP contribution in [0, 0.1) is 11.8 Å². The van der Waals surface area contributed by atoms with Crippen LogP contribution in [0.4, 0.5) is 0 Å². The van der Waals surface area contributed by atoms with Crippen LogP contribution in [0.15, 0.2) is 54.6 Å². The fourth-order valence-electron chi connectivity index (χ4n) is 3.68. The zero-order chi connectivity index (χ0) is 17.6. The largest absolute Gasteiger partial charge is 0.493 e. The first kappa shape index (κ1) is 18.3. The number of benzene rings is 2. The summed E-state index contributed by atoms with van der Waals surface area (Å²) in [6, 6.07) is 14.4. The molecule has 0 bridgehead atoms. The maximum absolute atomic E-state index is 10.4. The summed E-state index contributed by atoms with van der Waals surface area (Å²) in [5.74, 6) is 1.20. The summed E-state index contributed by atoms with van der Waals surface area (Å²) in [5, 5.41) is 12.8. The lowest BCUT2D eigenvalue weighted by Crippen LogP contribution is -2.27. The van der Waals surface area contributed by atoms with Gasteiger partial charge in [-0.05, 0) is 48.1 Å². The van der Waals surface area contributed by atoms with Crippen molar-refractivity contribution in [3.05, 3.63) is 54.6 Å². The van der Waals surface area contributed by atoms with E-state index in [1.807, 2.05) is 18.2 Å². The molecular weight excluding hydrogens is 332 g/mol. The van der Waals surface area contributed by atoms with Gasteiger partial charge in [0.05, 0.1) is 12.7 Å². The van der Waals surface area contributed by atoms with Gasteiger partial charge < -0.3 is 9.84 Å². The van der Waals surface area contributed by atoms with Crippen LogP contribution in [0.1, 0.15) is 32.6 Å². The predicted molar refractivity (Wildman–Crippen MR) is 105 cm³/mol. The number of allylic oxidation sites excluding steroid dienone is 2. The molecule has 0 spiro atoms. The Morgan fingerprint density at radius 3 is 2.72 bits per heavy atom. The van der Waals surface area contributed by atoms with E-state index in [4.69, 9.17) is 16.3 Å². The van der Waals surface area contributed by atoms with Crippen LogP contribution in [-0.2, 0) is 0 Å². The van der Waals surface area contributed by atoms with Crippen molar-refractivity contribution in [3.8, 4) is 5.75 Å². The van der Waals surface area contributed by atoms with E-state index >= 15 is 0 Å². The van der Waals surface area contributed by atoms with E-state index in [0.717, 1.165) is 25.0 Å². The van der Waals surface area contributed by atoms with Gasteiger partial charge in [-0.25, -0.2) is 0 Å². The van der Waals surface area contributed by atoms with Gasteiger partial charge in [-0.3, -0.25) is 0 Å². The highest BCUT2D eigenvalue weighted by molar-refractivity contribution is 6.21. The van der Waals surface area contributed by atoms with Crippen LogP contribution < -0.4 is 4.74 Å². The molecule has 0 unspecified atom stereocenters. The molecule has 0 saturated heterocycles. The Labute approximate surface area is 155 Å². The zero-order valence-corrected chi connectivity index (χ0v) is 15.5. The Morgan fingerprint density at radius 1 is 1.12 bits per heavy atom. The van der Waals surface area contributed by atoms with E-state index in [1.165, 1.54) is 10.8 Å². The molecule has 4 atom stereocenters. The lowest BCUT2D eigenvalue weighted by atomic mass is 9.92. The summed E-state index contributed by atoms with van der Waals surface area (Å²) in [7, 11) is 0. The second-order valence-corrected chi connectivity index (χ2v) is 7.52. The van der Waals surface area contributed by atoms with Gasteiger partial charge in [0.1, 0.15) is 5.75 Å². The average molecular weight is 359 g/mol. The van der Waals surface area contributed by atoms with Crippen LogP contribution in [0.2, 0.25) is 0 Å². The maximum Gasteiger partial charge on any atom is 0.119 e. The molecule has 0 heterocycles. The minimum atomic E-state index is -0.382. The maximum atomic E-state index is 10.4. The van der Waals surface area contributed by atoms with Crippen LogP contribution in [0.25, 0.3) is 10.8 Å². The molecule has 1 fully saturated rings. The van der Waals surface area contributed by atoms with Crippen LogP contribution >= 0.6 is 11.6 Å². The summed E-state index contributed by atoms with van der Waals surface area (Å²) < 4.78 is 6.03. The normalized spacial score (nSPS) is 26.5. The molecule has 2 nitrogen and oxygen atoms in total. The lowest BCUT2D eigenvalue weighted by molar-refractivity contribution is 0.0808. The monoisotopic (exact) mass is 358 g/mol. The highest BCUT2D eigenvalue weighted by Gasteiger charge is 2.41. The highest BCUT2D eigenvalue weighted by atomic mass is 35.5. The third-order valence-electron chi connectivity index (χ3n) is 5.17. The minimum Gasteiger partial charge on any atom is -0.493 e. The number of aliphatic hydroxyl groups excluding tert-OH is 1. The number of rotatable bonds is 7. The second kappa shape index (κ2) is 8.73. The molecule has 2 aromatic carbocycles. The number of unbranched alkanes of at least 4 members (excludes halogenated alkanes) is 1. The molecule has 1 aliphatic rings. The number of alkyl halides is 1. The van der Waals surface area contributed by atoms with Crippen LogP contribution in [0.5, 0.6) is 5.75 Å². The molecule has 0 aliphatic heterocycles. The SMILES string of the molecule is CCC/C=C\C[C@@H]1[C@@H](COc2ccc3ccccc3c2)[C@H](O)C[C@H]1Cl. The van der Waals surface area contributed by atoms with E-state index in [0.29, 0.717) is 13.0 Å². The van der Waals surface area contributed by atoms with Gasteiger partial charge in [0.2, 0.25) is 0 Å². The molecule has 1 saturated carbocycles. The third-order valence-corrected chi connectivity index (χ3v) is 5.67. The van der Waals surface area contributed by atoms with Gasteiger partial charge in [-0.2, -0.15) is 0 Å². The molecule has 0 aromatic heterocycles. The van der Waals surface area contributed by atoms with E-state index in [9.17, 15) is 5.11 Å². The number of fused-ring (bicyclic) bond motifs is 1. The highest BCUT2D eigenvalue weighted by Crippen LogP contribution is 2.39. The molecule has 3 rings (SSSR count). The van der Waals surface area contributed by atoms with E-state index in [2.05, 4.69) is 43.3 Å². The van der Waals surface area contributed by atoms with Crippen molar-refractivity contribution in [2.75, 3.05) is 6.61 Å². The number of hydrogen-bond acceptors (Lipinski definition) is 2. The minimum absolute atomic E-state index is 0.0199. The quantitative estimate of drug-likeness (QED) is 0.518. The molecule has 0 amide bonds. The van der Waals surface area contributed by atoms with Crippen molar-refractivity contribution in [3.63, 3.8) is 0 Å². The molecule has 25 heavy (non-hydrogen) atoms. The third kappa shape index (κ3) is 4.56. The fraction of sp³-hybridized carbons (Fsp3) is 0.455. The zero-order valence-electron chi connectivity index (χ0n) is 14.8. The molecule has 1 N–H and O–H groups in total. The molecule has 0 radical (unpaired) electrons. The van der Waals surface area contributed by atoms with Crippen molar-refractivity contribution >= 4 is 22.4 Å². The predicted octanol–water partition coefficient (Wildman–Crippen LogP) is 5.57. The van der Waals surface area contributed by atoms with Crippen molar-refractivity contribution in [1.29, 1.82) is 0 Å². The number of halogens is 1. The first-order valence-corrected chi connectivity index (χ1v) is 9.71. The van der Waals surface area contributed by atoms with Crippen LogP contribution in [0.3, 0.4) is 0 Å². The van der Waals surface area contributed by atoms with E-state index < -0.39 is 0 Å².